The van der Waals surface area contributed by atoms with E-state index in [9.17, 15) is 4.79 Å². The number of aryl methyl sites for hydroxylation is 1. The highest BCUT2D eigenvalue weighted by atomic mass is 32.1. The van der Waals surface area contributed by atoms with E-state index in [4.69, 9.17) is 9.97 Å². The molecule has 6 aromatic heterocycles. The first kappa shape index (κ1) is 34.5. The number of aromatic nitrogens is 4. The Hall–Kier alpha value is -4.59. The number of fused-ring (bicyclic) bond motifs is 6. The number of hydrogen-bond donors (Lipinski definition) is 0. The number of benzene rings is 2. The van der Waals surface area contributed by atoms with Crippen LogP contribution in [0.25, 0.3) is 66.1 Å². The van der Waals surface area contributed by atoms with Crippen LogP contribution in [0.5, 0.6) is 0 Å². The number of thiophene rings is 2. The number of hydrogen-bond acceptors (Lipinski definition) is 5. The zero-order chi connectivity index (χ0) is 35.4. The van der Waals surface area contributed by atoms with Gasteiger partial charge in [0, 0.05) is 72.0 Å². The Balaban J connectivity index is 1.35. The fourth-order valence-corrected chi connectivity index (χ4v) is 9.71. The van der Waals surface area contributed by atoms with Crippen LogP contribution in [0, 0.1) is 6.92 Å². The highest BCUT2D eigenvalue weighted by Crippen LogP contribution is 2.44. The Labute approximate surface area is 314 Å². The maximum atomic E-state index is 11.5. The molecule has 0 radical (unpaired) electrons. The van der Waals surface area contributed by atoms with Crippen molar-refractivity contribution in [2.45, 2.75) is 90.6 Å². The standard InChI is InChI=1S/C45H46N4OS2/c1-3-4-5-6-7-8-9-10-11-20-41(48-39-18-14-12-16-35(39)37-21-24-46-42(44(37)48)32-27-31(2)51-29-32)49-40-19-15-13-17-36(40)38-22-25-47-43(45(38)49)33-28-34(23-26-50)52-30-33/h12-19,21-22,24-30,41H,3-11,20,23H2,1-2H3. The van der Waals surface area contributed by atoms with E-state index in [-0.39, 0.29) is 6.17 Å². The first-order valence-electron chi connectivity index (χ1n) is 19.0. The number of carbonyl (C=O) groups is 1. The fraction of sp³-hybridized carbons (Fsp3) is 0.311. The van der Waals surface area contributed by atoms with Crippen molar-refractivity contribution in [1.82, 2.24) is 19.1 Å². The molecule has 8 rings (SSSR count). The van der Waals surface area contributed by atoms with Gasteiger partial charge in [-0.3, -0.25) is 9.97 Å². The lowest BCUT2D eigenvalue weighted by Gasteiger charge is -2.26. The van der Waals surface area contributed by atoms with Gasteiger partial charge in [-0.2, -0.15) is 0 Å². The van der Waals surface area contributed by atoms with E-state index < -0.39 is 0 Å². The smallest absolute Gasteiger partial charge is 0.125 e. The second-order valence-corrected chi connectivity index (χ2v) is 16.2. The molecule has 1 atom stereocenters. The Kier molecular flexibility index (Phi) is 10.3. The monoisotopic (exact) mass is 722 g/mol. The van der Waals surface area contributed by atoms with Gasteiger partial charge in [0.05, 0.1) is 33.5 Å². The topological polar surface area (TPSA) is 52.7 Å². The number of carbonyl (C=O) groups excluding carboxylic acids is 1. The van der Waals surface area contributed by atoms with Gasteiger partial charge in [0.25, 0.3) is 0 Å². The van der Waals surface area contributed by atoms with Crippen LogP contribution in [0.4, 0.5) is 0 Å². The molecule has 0 aliphatic carbocycles. The molecule has 0 aliphatic heterocycles. The molecule has 5 nitrogen and oxygen atoms in total. The van der Waals surface area contributed by atoms with Gasteiger partial charge in [-0.05, 0) is 56.2 Å². The summed E-state index contributed by atoms with van der Waals surface area (Å²) in [6.07, 6.45) is 17.9. The van der Waals surface area contributed by atoms with Gasteiger partial charge in [-0.15, -0.1) is 22.7 Å². The second kappa shape index (κ2) is 15.6. The molecule has 0 N–H and O–H groups in total. The Morgan fingerprint density at radius 3 is 1.75 bits per heavy atom. The van der Waals surface area contributed by atoms with Gasteiger partial charge in [0.1, 0.15) is 12.5 Å². The largest absolute Gasteiger partial charge is 0.317 e. The summed E-state index contributed by atoms with van der Waals surface area (Å²) in [5.41, 5.74) is 8.99. The third kappa shape index (κ3) is 6.50. The number of aldehydes is 1. The van der Waals surface area contributed by atoms with Crippen molar-refractivity contribution in [2.75, 3.05) is 0 Å². The van der Waals surface area contributed by atoms with Gasteiger partial charge < -0.3 is 13.9 Å². The van der Waals surface area contributed by atoms with Crippen LogP contribution in [0.2, 0.25) is 0 Å². The summed E-state index contributed by atoms with van der Waals surface area (Å²) in [5, 5.41) is 9.34. The Morgan fingerprint density at radius 1 is 0.654 bits per heavy atom. The van der Waals surface area contributed by atoms with E-state index in [0.717, 1.165) is 46.5 Å². The van der Waals surface area contributed by atoms with Crippen LogP contribution in [0.15, 0.2) is 96.0 Å². The van der Waals surface area contributed by atoms with E-state index >= 15 is 0 Å². The summed E-state index contributed by atoms with van der Waals surface area (Å²) < 4.78 is 5.20. The predicted octanol–water partition coefficient (Wildman–Crippen LogP) is 13.2. The van der Waals surface area contributed by atoms with Crippen molar-refractivity contribution in [2.24, 2.45) is 0 Å². The predicted molar refractivity (Wildman–Crippen MR) is 222 cm³/mol. The van der Waals surface area contributed by atoms with Crippen molar-refractivity contribution in [1.29, 1.82) is 0 Å². The zero-order valence-corrected chi connectivity index (χ0v) is 31.8. The quantitative estimate of drug-likeness (QED) is 0.0737. The molecule has 0 spiro atoms. The minimum Gasteiger partial charge on any atom is -0.317 e. The summed E-state index contributed by atoms with van der Waals surface area (Å²) in [5.74, 6) is 0. The van der Waals surface area contributed by atoms with Crippen LogP contribution in [0.3, 0.4) is 0 Å². The third-order valence-corrected chi connectivity index (χ3v) is 12.4. The highest BCUT2D eigenvalue weighted by molar-refractivity contribution is 7.10. The van der Waals surface area contributed by atoms with E-state index in [1.54, 1.807) is 22.7 Å². The normalized spacial score (nSPS) is 12.5. The third-order valence-electron chi connectivity index (χ3n) is 10.6. The molecular weight excluding hydrogens is 677 g/mol. The summed E-state index contributed by atoms with van der Waals surface area (Å²) >= 11 is 3.42. The molecule has 2 aromatic carbocycles. The number of para-hydroxylation sites is 2. The SMILES string of the molecule is CCCCCCCCCCCC(n1c2ccccc2c2ccnc(-c3csc(C)c3)c21)n1c2ccccc2c2ccnc(-c3csc(CC=O)c3)c21. The van der Waals surface area contributed by atoms with Crippen LogP contribution < -0.4 is 0 Å². The molecule has 0 amide bonds. The second-order valence-electron chi connectivity index (χ2n) is 14.1. The molecule has 1 unspecified atom stereocenters. The maximum Gasteiger partial charge on any atom is 0.125 e. The van der Waals surface area contributed by atoms with Crippen molar-refractivity contribution in [3.63, 3.8) is 0 Å². The number of unbranched alkanes of at least 4 members (excludes halogenated alkanes) is 8. The molecule has 52 heavy (non-hydrogen) atoms. The van der Waals surface area contributed by atoms with Crippen molar-refractivity contribution in [3.8, 4) is 22.5 Å². The minimum absolute atomic E-state index is 0.0342. The molecule has 6 heterocycles. The average molecular weight is 723 g/mol. The van der Waals surface area contributed by atoms with Crippen LogP contribution in [-0.4, -0.2) is 25.4 Å². The maximum absolute atomic E-state index is 11.5. The van der Waals surface area contributed by atoms with Crippen molar-refractivity contribution in [3.05, 3.63) is 106 Å². The summed E-state index contributed by atoms with van der Waals surface area (Å²) in [4.78, 5) is 24.0. The summed E-state index contributed by atoms with van der Waals surface area (Å²) in [6, 6.07) is 26.6. The average Bonchev–Trinajstić information content (AvgIpc) is 3.97. The van der Waals surface area contributed by atoms with Gasteiger partial charge in [-0.1, -0.05) is 94.7 Å². The molecule has 0 saturated carbocycles. The lowest BCUT2D eigenvalue weighted by atomic mass is 10.1. The van der Waals surface area contributed by atoms with Gasteiger partial charge >= 0.3 is 0 Å². The molecular formula is C45H46N4OS2. The van der Waals surface area contributed by atoms with Crippen LogP contribution in [0.1, 0.15) is 87.1 Å². The zero-order valence-electron chi connectivity index (χ0n) is 30.2. The molecule has 264 valence electrons. The molecule has 0 bridgehead atoms. The molecule has 7 heteroatoms. The first-order chi connectivity index (χ1) is 25.7. The first-order valence-corrected chi connectivity index (χ1v) is 20.8. The summed E-state index contributed by atoms with van der Waals surface area (Å²) in [6.45, 7) is 4.46. The molecule has 0 saturated heterocycles. The Bertz CT molecular complexity index is 2480. The molecule has 0 aliphatic rings. The van der Waals surface area contributed by atoms with Crippen molar-refractivity contribution < 1.29 is 4.79 Å². The number of rotatable bonds is 16. The van der Waals surface area contributed by atoms with Gasteiger partial charge in [-0.25, -0.2) is 0 Å². The van der Waals surface area contributed by atoms with E-state index in [1.807, 2.05) is 12.4 Å². The van der Waals surface area contributed by atoms with E-state index in [0.29, 0.717) is 6.42 Å². The van der Waals surface area contributed by atoms with Gasteiger partial charge in [0.2, 0.25) is 0 Å². The Morgan fingerprint density at radius 2 is 1.19 bits per heavy atom. The van der Waals surface area contributed by atoms with Gasteiger partial charge in [0.15, 0.2) is 0 Å². The molecule has 0 fully saturated rings. The van der Waals surface area contributed by atoms with E-state index in [2.05, 4.69) is 107 Å². The van der Waals surface area contributed by atoms with Crippen LogP contribution in [-0.2, 0) is 11.2 Å². The lowest BCUT2D eigenvalue weighted by molar-refractivity contribution is -0.107. The number of pyridine rings is 2. The van der Waals surface area contributed by atoms with Crippen molar-refractivity contribution >= 4 is 72.6 Å². The lowest BCUT2D eigenvalue weighted by Crippen LogP contribution is -2.19. The highest BCUT2D eigenvalue weighted by Gasteiger charge is 2.27. The summed E-state index contributed by atoms with van der Waals surface area (Å²) in [7, 11) is 0. The minimum atomic E-state index is -0.0342. The fourth-order valence-electron chi connectivity index (χ4n) is 8.21. The van der Waals surface area contributed by atoms with Crippen LogP contribution >= 0.6 is 22.7 Å². The van der Waals surface area contributed by atoms with E-state index in [1.165, 1.54) is 99.9 Å². The number of nitrogens with zero attached hydrogens (tertiary/aromatic N) is 4. The molecule has 8 aromatic rings.